The van der Waals surface area contributed by atoms with Crippen molar-refractivity contribution in [2.45, 2.75) is 13.0 Å². The Kier molecular flexibility index (Phi) is 5.94. The number of hydrogen-bond donors (Lipinski definition) is 2. The maximum Gasteiger partial charge on any atom is 0.311 e. The summed E-state index contributed by atoms with van der Waals surface area (Å²) in [5.74, 6) is -0.471. The Labute approximate surface area is 143 Å². The lowest BCUT2D eigenvalue weighted by molar-refractivity contribution is -0.385. The van der Waals surface area contributed by atoms with Crippen LogP contribution in [-0.4, -0.2) is 23.2 Å². The van der Waals surface area contributed by atoms with Crippen LogP contribution in [0.25, 0.3) is 0 Å². The fourth-order valence-corrected chi connectivity index (χ4v) is 2.22. The molecule has 0 spiro atoms. The molecule has 0 amide bonds. The molecule has 0 saturated heterocycles. The van der Waals surface area contributed by atoms with Gasteiger partial charge in [-0.3, -0.25) is 10.1 Å². The van der Waals surface area contributed by atoms with E-state index in [1.54, 1.807) is 6.92 Å². The molecule has 0 saturated carbocycles. The highest BCUT2D eigenvalue weighted by molar-refractivity contribution is 6.30. The van der Waals surface area contributed by atoms with Gasteiger partial charge in [-0.15, -0.1) is 0 Å². The SMILES string of the molecule is CCOc1cc(NCC(O)c2ccc(Cl)c(F)c2)ccc1[N+](=O)[O-]. The minimum absolute atomic E-state index is 0.0179. The first kappa shape index (κ1) is 18.0. The Morgan fingerprint density at radius 2 is 2.12 bits per heavy atom. The molecule has 6 nitrogen and oxygen atoms in total. The Balaban J connectivity index is 2.09. The third-order valence-corrected chi connectivity index (χ3v) is 3.59. The van der Waals surface area contributed by atoms with Gasteiger partial charge in [0.05, 0.1) is 22.7 Å². The minimum Gasteiger partial charge on any atom is -0.487 e. The smallest absolute Gasteiger partial charge is 0.311 e. The van der Waals surface area contributed by atoms with Gasteiger partial charge >= 0.3 is 5.69 Å². The number of nitrogens with zero attached hydrogens (tertiary/aromatic N) is 1. The van der Waals surface area contributed by atoms with Crippen LogP contribution in [0.2, 0.25) is 5.02 Å². The zero-order valence-corrected chi connectivity index (χ0v) is 13.6. The molecule has 24 heavy (non-hydrogen) atoms. The number of nitro groups is 1. The highest BCUT2D eigenvalue weighted by Crippen LogP contribution is 2.30. The van der Waals surface area contributed by atoms with Crippen molar-refractivity contribution in [3.05, 3.63) is 62.9 Å². The second kappa shape index (κ2) is 7.94. The number of aliphatic hydroxyl groups is 1. The van der Waals surface area contributed by atoms with Crippen LogP contribution in [0, 0.1) is 15.9 Å². The molecule has 0 fully saturated rings. The number of nitro benzene ring substituents is 1. The molecule has 0 bridgehead atoms. The van der Waals surface area contributed by atoms with Gasteiger partial charge in [-0.05, 0) is 30.7 Å². The number of nitrogens with one attached hydrogen (secondary N) is 1. The Hall–Kier alpha value is -2.38. The number of halogens is 2. The van der Waals surface area contributed by atoms with Gasteiger partial charge in [0.2, 0.25) is 0 Å². The van der Waals surface area contributed by atoms with E-state index in [0.29, 0.717) is 11.3 Å². The van der Waals surface area contributed by atoms with E-state index in [2.05, 4.69) is 5.32 Å². The van der Waals surface area contributed by atoms with Crippen molar-refractivity contribution in [2.24, 2.45) is 0 Å². The van der Waals surface area contributed by atoms with Crippen molar-refractivity contribution in [1.29, 1.82) is 0 Å². The van der Waals surface area contributed by atoms with Gasteiger partial charge in [-0.25, -0.2) is 4.39 Å². The van der Waals surface area contributed by atoms with Crippen molar-refractivity contribution < 1.29 is 19.2 Å². The number of rotatable bonds is 7. The van der Waals surface area contributed by atoms with E-state index in [0.717, 1.165) is 6.07 Å². The van der Waals surface area contributed by atoms with Gasteiger partial charge in [0.15, 0.2) is 5.75 Å². The van der Waals surface area contributed by atoms with Crippen LogP contribution in [0.1, 0.15) is 18.6 Å². The molecular weight excluding hydrogens is 339 g/mol. The van der Waals surface area contributed by atoms with Crippen LogP contribution in [0.4, 0.5) is 15.8 Å². The molecule has 2 aromatic rings. The quantitative estimate of drug-likeness (QED) is 0.581. The Morgan fingerprint density at radius 1 is 1.38 bits per heavy atom. The molecule has 2 rings (SSSR count). The lowest BCUT2D eigenvalue weighted by atomic mass is 10.1. The maximum absolute atomic E-state index is 13.4. The summed E-state index contributed by atoms with van der Waals surface area (Å²) in [6.45, 7) is 2.10. The van der Waals surface area contributed by atoms with E-state index < -0.39 is 16.8 Å². The Morgan fingerprint density at radius 3 is 2.75 bits per heavy atom. The van der Waals surface area contributed by atoms with E-state index >= 15 is 0 Å². The van der Waals surface area contributed by atoms with Crippen LogP contribution in [-0.2, 0) is 0 Å². The predicted octanol–water partition coefficient (Wildman–Crippen LogP) is 3.93. The first-order chi connectivity index (χ1) is 11.4. The zero-order valence-electron chi connectivity index (χ0n) is 12.8. The molecule has 0 aliphatic heterocycles. The molecule has 0 radical (unpaired) electrons. The van der Waals surface area contributed by atoms with Crippen molar-refractivity contribution in [3.63, 3.8) is 0 Å². The largest absolute Gasteiger partial charge is 0.487 e. The summed E-state index contributed by atoms with van der Waals surface area (Å²) < 4.78 is 18.7. The van der Waals surface area contributed by atoms with Crippen LogP contribution in [0.15, 0.2) is 36.4 Å². The molecule has 0 aliphatic rings. The standard InChI is InChI=1S/C16H16ClFN2O4/c1-2-24-16-8-11(4-6-14(16)20(22)23)19-9-15(21)10-3-5-12(17)13(18)7-10/h3-8,15,19,21H,2,9H2,1H3. The van der Waals surface area contributed by atoms with E-state index in [-0.39, 0.29) is 29.6 Å². The summed E-state index contributed by atoms with van der Waals surface area (Å²) in [7, 11) is 0. The normalized spacial score (nSPS) is 11.8. The molecule has 1 atom stereocenters. The lowest BCUT2D eigenvalue weighted by Crippen LogP contribution is -2.12. The van der Waals surface area contributed by atoms with Gasteiger partial charge in [0, 0.05) is 24.4 Å². The average molecular weight is 355 g/mol. The van der Waals surface area contributed by atoms with Crippen molar-refractivity contribution in [3.8, 4) is 5.75 Å². The summed E-state index contributed by atoms with van der Waals surface area (Å²) in [5, 5.41) is 24.0. The van der Waals surface area contributed by atoms with E-state index in [9.17, 15) is 19.6 Å². The van der Waals surface area contributed by atoms with E-state index in [1.165, 1.54) is 30.3 Å². The number of hydrogen-bond acceptors (Lipinski definition) is 5. The van der Waals surface area contributed by atoms with Crippen LogP contribution in [0.5, 0.6) is 5.75 Å². The predicted molar refractivity (Wildman–Crippen MR) is 89.1 cm³/mol. The maximum atomic E-state index is 13.4. The summed E-state index contributed by atoms with van der Waals surface area (Å²) in [5.41, 5.74) is 0.775. The molecule has 0 aliphatic carbocycles. The van der Waals surface area contributed by atoms with Gasteiger partial charge in [0.25, 0.3) is 0 Å². The van der Waals surface area contributed by atoms with Gasteiger partial charge in [-0.2, -0.15) is 0 Å². The number of ether oxygens (including phenoxy) is 1. The zero-order chi connectivity index (χ0) is 17.7. The molecular formula is C16H16ClFN2O4. The molecule has 2 aromatic carbocycles. The third kappa shape index (κ3) is 4.33. The molecule has 1 unspecified atom stereocenters. The van der Waals surface area contributed by atoms with E-state index in [1.807, 2.05) is 0 Å². The number of aliphatic hydroxyl groups excluding tert-OH is 1. The monoisotopic (exact) mass is 354 g/mol. The average Bonchev–Trinajstić information content (AvgIpc) is 2.55. The molecule has 2 N–H and O–H groups in total. The highest BCUT2D eigenvalue weighted by Gasteiger charge is 2.16. The molecule has 8 heteroatoms. The topological polar surface area (TPSA) is 84.6 Å². The van der Waals surface area contributed by atoms with Gasteiger partial charge in [0.1, 0.15) is 5.82 Å². The van der Waals surface area contributed by atoms with Gasteiger partial charge in [-0.1, -0.05) is 17.7 Å². The van der Waals surface area contributed by atoms with E-state index in [4.69, 9.17) is 16.3 Å². The first-order valence-corrected chi connectivity index (χ1v) is 7.58. The third-order valence-electron chi connectivity index (χ3n) is 3.28. The van der Waals surface area contributed by atoms with Crippen LogP contribution < -0.4 is 10.1 Å². The minimum atomic E-state index is -0.970. The summed E-state index contributed by atoms with van der Waals surface area (Å²) >= 11 is 5.60. The fourth-order valence-electron chi connectivity index (χ4n) is 2.10. The van der Waals surface area contributed by atoms with Crippen molar-refractivity contribution >= 4 is 23.0 Å². The fraction of sp³-hybridized carbons (Fsp3) is 0.250. The second-order valence-electron chi connectivity index (χ2n) is 4.94. The number of benzene rings is 2. The number of anilines is 1. The molecule has 128 valence electrons. The van der Waals surface area contributed by atoms with Crippen LogP contribution >= 0.6 is 11.6 Å². The van der Waals surface area contributed by atoms with Crippen LogP contribution in [0.3, 0.4) is 0 Å². The van der Waals surface area contributed by atoms with Crippen molar-refractivity contribution in [2.75, 3.05) is 18.5 Å². The summed E-state index contributed by atoms with van der Waals surface area (Å²) in [4.78, 5) is 10.4. The molecule has 0 aromatic heterocycles. The Bertz CT molecular complexity index is 742. The lowest BCUT2D eigenvalue weighted by Gasteiger charge is -2.14. The summed E-state index contributed by atoms with van der Waals surface area (Å²) in [6.07, 6.45) is -0.970. The second-order valence-corrected chi connectivity index (χ2v) is 5.35. The summed E-state index contributed by atoms with van der Waals surface area (Å²) in [6, 6.07) is 8.37. The highest BCUT2D eigenvalue weighted by atomic mass is 35.5. The van der Waals surface area contributed by atoms with Gasteiger partial charge < -0.3 is 15.2 Å². The first-order valence-electron chi connectivity index (χ1n) is 7.20. The van der Waals surface area contributed by atoms with Crippen molar-refractivity contribution in [1.82, 2.24) is 0 Å². The molecule has 0 heterocycles.